The zero-order valence-corrected chi connectivity index (χ0v) is 27.6. The standard InChI is InChI=1S/C44H26B2N2O4/c49-43-39(31-23-21-27-13-7-19-35-37(27)41(31)47-45(51-35)33-17-5-11-25-9-1-3-15-29(25)33)44(50)40(43)32-24-22-28-14-8-20-36-38(28)42(32)48-46(52-36)34-18-6-12-26-10-2-4-16-30(26)34/h1-24,47,49H. The predicted molar refractivity (Wildman–Crippen MR) is 210 cm³/mol. The number of anilines is 1. The fourth-order valence-corrected chi connectivity index (χ4v) is 8.24. The van der Waals surface area contributed by atoms with E-state index >= 15 is 0 Å². The van der Waals surface area contributed by atoms with Crippen LogP contribution in [0.15, 0.2) is 156 Å². The van der Waals surface area contributed by atoms with Gasteiger partial charge in [-0.3, -0.25) is 9.70 Å². The van der Waals surface area contributed by atoms with Gasteiger partial charge in [0.05, 0.1) is 16.5 Å². The maximum absolute atomic E-state index is 14.5. The van der Waals surface area contributed by atoms with Crippen molar-refractivity contribution < 1.29 is 19.2 Å². The second-order valence-corrected chi connectivity index (χ2v) is 13.5. The Kier molecular flexibility index (Phi) is 6.05. The van der Waals surface area contributed by atoms with Crippen LogP contribution in [0.3, 0.4) is 0 Å². The van der Waals surface area contributed by atoms with Crippen LogP contribution < -0.4 is 36.0 Å². The molecule has 11 rings (SSSR count). The average Bonchev–Trinajstić information content (AvgIpc) is 3.19. The Labute approximate surface area is 298 Å². The first-order chi connectivity index (χ1) is 25.6. The minimum absolute atomic E-state index is 0.0513. The molecule has 8 aromatic rings. The van der Waals surface area contributed by atoms with Gasteiger partial charge >= 0.3 is 14.1 Å². The Hall–Kier alpha value is -6.79. The maximum Gasteiger partial charge on any atom is 0.539 e. The molecule has 0 unspecified atom stereocenters. The number of fused-ring (bicyclic) bond motifs is 2. The van der Waals surface area contributed by atoms with Crippen LogP contribution in [-0.4, -0.2) is 25.0 Å². The first-order valence-corrected chi connectivity index (χ1v) is 17.4. The number of benzene rings is 8. The van der Waals surface area contributed by atoms with Crippen LogP contribution in [0.1, 0.15) is 5.56 Å². The molecule has 242 valence electrons. The molecule has 8 aromatic carbocycles. The zero-order valence-electron chi connectivity index (χ0n) is 27.6. The van der Waals surface area contributed by atoms with Gasteiger partial charge in [-0.1, -0.05) is 133 Å². The minimum atomic E-state index is -0.634. The number of nitrogens with zero attached hydrogens (tertiary/aromatic N) is 1. The summed E-state index contributed by atoms with van der Waals surface area (Å²) in [7, 11) is -1.15. The average molecular weight is 668 g/mol. The van der Waals surface area contributed by atoms with E-state index in [9.17, 15) is 9.90 Å². The molecule has 0 bridgehead atoms. The molecule has 3 aliphatic rings. The molecule has 6 nitrogen and oxygen atoms in total. The number of Topliss-reactive ketones (excluding diaryl/α,β-unsaturated/α-hetero) is 1. The quantitative estimate of drug-likeness (QED) is 0.207. The van der Waals surface area contributed by atoms with Crippen LogP contribution in [0.5, 0.6) is 11.5 Å². The highest BCUT2D eigenvalue weighted by Crippen LogP contribution is 2.46. The van der Waals surface area contributed by atoms with E-state index in [4.69, 9.17) is 14.2 Å². The lowest BCUT2D eigenvalue weighted by Crippen LogP contribution is -2.47. The van der Waals surface area contributed by atoms with Gasteiger partial charge in [-0.2, -0.15) is 0 Å². The number of hydrogen-bond acceptors (Lipinski definition) is 6. The molecule has 52 heavy (non-hydrogen) atoms. The van der Waals surface area contributed by atoms with Crippen LogP contribution in [0.4, 0.5) is 5.69 Å². The Morgan fingerprint density at radius 2 is 1.15 bits per heavy atom. The number of aliphatic hydroxyl groups is 1. The number of allylic oxidation sites excluding steroid dienone is 2. The van der Waals surface area contributed by atoms with E-state index in [-0.39, 0.29) is 22.7 Å². The maximum atomic E-state index is 14.5. The van der Waals surface area contributed by atoms with E-state index in [0.29, 0.717) is 27.6 Å². The van der Waals surface area contributed by atoms with Crippen LogP contribution in [0.2, 0.25) is 0 Å². The Balaban J connectivity index is 1.11. The van der Waals surface area contributed by atoms with Crippen LogP contribution in [-0.2, 0) is 4.79 Å². The first-order valence-electron chi connectivity index (χ1n) is 17.4. The molecule has 0 amide bonds. The molecule has 0 atom stereocenters. The zero-order chi connectivity index (χ0) is 34.5. The number of nitrogens with one attached hydrogen (secondary N) is 1. The summed E-state index contributed by atoms with van der Waals surface area (Å²) in [5.41, 5.74) is 3.82. The number of rotatable bonds is 3. The number of carbonyl (C=O) groups is 1. The van der Waals surface area contributed by atoms with E-state index in [0.717, 1.165) is 59.7 Å². The molecule has 0 fully saturated rings. The summed E-state index contributed by atoms with van der Waals surface area (Å²) in [4.78, 5) is 19.6. The van der Waals surface area contributed by atoms with E-state index in [2.05, 4.69) is 47.7 Å². The summed E-state index contributed by atoms with van der Waals surface area (Å²) < 4.78 is 13.1. The molecule has 0 saturated heterocycles. The van der Waals surface area contributed by atoms with Gasteiger partial charge in [-0.25, -0.2) is 0 Å². The molecular formula is C44H26B2N2O4. The molecule has 0 radical (unpaired) electrons. The van der Waals surface area contributed by atoms with Gasteiger partial charge in [-0.05, 0) is 55.4 Å². The molecule has 0 aromatic heterocycles. The van der Waals surface area contributed by atoms with Crippen molar-refractivity contribution in [2.75, 3.05) is 5.23 Å². The number of aliphatic hydroxyl groups excluding tert-OH is 1. The lowest BCUT2D eigenvalue weighted by Gasteiger charge is -2.30. The van der Waals surface area contributed by atoms with Gasteiger partial charge in [0.1, 0.15) is 17.3 Å². The van der Waals surface area contributed by atoms with Crippen molar-refractivity contribution in [3.8, 4) is 11.5 Å². The number of ketones is 1. The van der Waals surface area contributed by atoms with Crippen molar-refractivity contribution in [3.05, 3.63) is 167 Å². The normalized spacial score (nSPS) is 15.7. The third-order valence-electron chi connectivity index (χ3n) is 10.7. The van der Waals surface area contributed by atoms with Gasteiger partial charge in [0.15, 0.2) is 0 Å². The van der Waals surface area contributed by atoms with E-state index in [1.807, 2.05) is 103 Å². The largest absolute Gasteiger partial charge is 0.539 e. The molecule has 2 heterocycles. The molecule has 8 heteroatoms. The molecule has 0 spiro atoms. The third kappa shape index (κ3) is 4.09. The highest BCUT2D eigenvalue weighted by Gasteiger charge is 2.40. The Bertz CT molecular complexity index is 3060. The van der Waals surface area contributed by atoms with Crippen molar-refractivity contribution in [2.45, 2.75) is 0 Å². The summed E-state index contributed by atoms with van der Waals surface area (Å²) in [5, 5.41) is 24.7. The van der Waals surface area contributed by atoms with Crippen LogP contribution in [0, 0.1) is 0 Å². The molecule has 2 N–H and O–H groups in total. The highest BCUT2D eigenvalue weighted by atomic mass is 16.4. The van der Waals surface area contributed by atoms with Gasteiger partial charge in [-0.15, -0.1) is 0 Å². The van der Waals surface area contributed by atoms with Gasteiger partial charge < -0.3 is 19.6 Å². The topological polar surface area (TPSA) is 80.2 Å². The molecular weight excluding hydrogens is 642 g/mol. The second-order valence-electron chi connectivity index (χ2n) is 13.5. The number of carbonyl (C=O) groups excluding carboxylic acids is 1. The van der Waals surface area contributed by atoms with Crippen molar-refractivity contribution in [1.29, 1.82) is 0 Å². The van der Waals surface area contributed by atoms with E-state index < -0.39 is 14.1 Å². The Morgan fingerprint density at radius 3 is 1.90 bits per heavy atom. The van der Waals surface area contributed by atoms with Gasteiger partial charge in [0.2, 0.25) is 5.78 Å². The van der Waals surface area contributed by atoms with Crippen molar-refractivity contribution in [1.82, 2.24) is 0 Å². The van der Waals surface area contributed by atoms with Crippen LogP contribution in [0.25, 0.3) is 54.2 Å². The summed E-state index contributed by atoms with van der Waals surface area (Å²) in [5.74, 6) is 1.11. The summed E-state index contributed by atoms with van der Waals surface area (Å²) >= 11 is 0. The van der Waals surface area contributed by atoms with Gasteiger partial charge in [0, 0.05) is 27.2 Å². The third-order valence-corrected chi connectivity index (χ3v) is 10.7. The lowest BCUT2D eigenvalue weighted by molar-refractivity contribution is -0.109. The van der Waals surface area contributed by atoms with Crippen LogP contribution >= 0.6 is 0 Å². The number of hydrogen-bond donors (Lipinski definition) is 2. The SMILES string of the molecule is O=C1C(c2ccc3cccc4c3c2NB(c2cccc3ccccc23)O4)=C(O)C1=c1ccc2cccc3c2c1=NB(c1cccc2ccccc12)O3. The molecule has 0 saturated carbocycles. The fourth-order valence-electron chi connectivity index (χ4n) is 8.24. The molecule has 1 aliphatic carbocycles. The second kappa shape index (κ2) is 10.9. The predicted octanol–water partition coefficient (Wildman–Crippen LogP) is 6.61. The minimum Gasteiger partial charge on any atom is -0.537 e. The lowest BCUT2D eigenvalue weighted by atomic mass is 9.68. The van der Waals surface area contributed by atoms with Crippen molar-refractivity contribution in [3.63, 3.8) is 0 Å². The van der Waals surface area contributed by atoms with Gasteiger partial charge in [0.25, 0.3) is 0 Å². The Morgan fingerprint density at radius 1 is 0.558 bits per heavy atom. The summed E-state index contributed by atoms with van der Waals surface area (Å²) in [6.07, 6.45) is 0. The van der Waals surface area contributed by atoms with Crippen molar-refractivity contribution in [2.24, 2.45) is 4.90 Å². The van der Waals surface area contributed by atoms with E-state index in [1.165, 1.54) is 0 Å². The smallest absolute Gasteiger partial charge is 0.537 e. The molecule has 2 aliphatic heterocycles. The highest BCUT2D eigenvalue weighted by molar-refractivity contribution is 6.74. The monoisotopic (exact) mass is 668 g/mol. The first kappa shape index (κ1) is 29.0. The summed E-state index contributed by atoms with van der Waals surface area (Å²) in [6.45, 7) is 0. The van der Waals surface area contributed by atoms with Crippen molar-refractivity contribution >= 4 is 90.7 Å². The fraction of sp³-hybridized carbons (Fsp3) is 0. The summed E-state index contributed by atoms with van der Waals surface area (Å²) in [6, 6.07) is 48.3. The van der Waals surface area contributed by atoms with E-state index in [1.54, 1.807) is 0 Å².